The Labute approximate surface area is 315 Å². The van der Waals surface area contributed by atoms with E-state index in [1.807, 2.05) is 0 Å². The van der Waals surface area contributed by atoms with Gasteiger partial charge in [-0.25, -0.2) is 0 Å². The molecule has 2 heteroatoms. The van der Waals surface area contributed by atoms with Crippen LogP contribution in [0.5, 0.6) is 0 Å². The van der Waals surface area contributed by atoms with E-state index >= 15 is 0 Å². The van der Waals surface area contributed by atoms with Crippen molar-refractivity contribution < 1.29 is 0 Å². The van der Waals surface area contributed by atoms with Crippen LogP contribution in [0.1, 0.15) is 0 Å². The lowest BCUT2D eigenvalue weighted by Gasteiger charge is -2.29. The van der Waals surface area contributed by atoms with Gasteiger partial charge in [0, 0.05) is 33.1 Å². The van der Waals surface area contributed by atoms with Gasteiger partial charge in [-0.1, -0.05) is 164 Å². The summed E-state index contributed by atoms with van der Waals surface area (Å²) in [6.07, 6.45) is 0. The Balaban J connectivity index is 1.15. The van der Waals surface area contributed by atoms with Gasteiger partial charge in [0.05, 0.1) is 22.4 Å². The molecule has 0 amide bonds. The Kier molecular flexibility index (Phi) is 7.85. The molecule has 0 saturated heterocycles. The van der Waals surface area contributed by atoms with Crippen LogP contribution >= 0.6 is 0 Å². The van der Waals surface area contributed by atoms with Gasteiger partial charge in [-0.2, -0.15) is 0 Å². The summed E-state index contributed by atoms with van der Waals surface area (Å²) in [6, 6.07) is 78.8. The van der Waals surface area contributed by atoms with Crippen molar-refractivity contribution in [3.05, 3.63) is 218 Å². The molecular formula is C52H36N2. The minimum Gasteiger partial charge on any atom is -0.309 e. The van der Waals surface area contributed by atoms with Crippen molar-refractivity contribution in [1.82, 2.24) is 4.57 Å². The maximum absolute atomic E-state index is 2.42. The van der Waals surface area contributed by atoms with Crippen LogP contribution in [0.3, 0.4) is 0 Å². The Hall–Kier alpha value is -7.16. The molecular weight excluding hydrogens is 653 g/mol. The van der Waals surface area contributed by atoms with Crippen LogP contribution < -0.4 is 4.90 Å². The fourth-order valence-corrected chi connectivity index (χ4v) is 8.13. The second-order valence-electron chi connectivity index (χ2n) is 13.7. The van der Waals surface area contributed by atoms with Gasteiger partial charge < -0.3 is 9.47 Å². The summed E-state index contributed by atoms with van der Waals surface area (Å²) in [5.74, 6) is 0. The lowest BCUT2D eigenvalue weighted by Crippen LogP contribution is -2.11. The second kappa shape index (κ2) is 13.4. The molecule has 0 aliphatic rings. The van der Waals surface area contributed by atoms with Crippen molar-refractivity contribution in [3.8, 4) is 39.1 Å². The molecule has 2 nitrogen and oxygen atoms in total. The van der Waals surface area contributed by atoms with Gasteiger partial charge in [0.2, 0.25) is 0 Å². The van der Waals surface area contributed by atoms with E-state index in [0.29, 0.717) is 0 Å². The summed E-state index contributed by atoms with van der Waals surface area (Å²) in [5, 5.41) is 4.93. The van der Waals surface area contributed by atoms with E-state index in [0.717, 1.165) is 28.3 Å². The maximum Gasteiger partial charge on any atom is 0.0547 e. The van der Waals surface area contributed by atoms with Crippen LogP contribution in [0.4, 0.5) is 17.1 Å². The largest absolute Gasteiger partial charge is 0.309 e. The molecule has 10 aromatic rings. The van der Waals surface area contributed by atoms with E-state index in [1.54, 1.807) is 0 Å². The second-order valence-corrected chi connectivity index (χ2v) is 13.7. The molecule has 1 aromatic heterocycles. The molecule has 10 rings (SSSR count). The zero-order chi connectivity index (χ0) is 35.8. The molecule has 254 valence electrons. The summed E-state index contributed by atoms with van der Waals surface area (Å²) < 4.78 is 2.39. The third-order valence-corrected chi connectivity index (χ3v) is 10.6. The normalized spacial score (nSPS) is 11.3. The number of benzene rings is 9. The number of fused-ring (bicyclic) bond motifs is 4. The van der Waals surface area contributed by atoms with Crippen molar-refractivity contribution in [1.29, 1.82) is 0 Å². The highest BCUT2D eigenvalue weighted by Gasteiger charge is 2.20. The third-order valence-electron chi connectivity index (χ3n) is 10.6. The highest BCUT2D eigenvalue weighted by molar-refractivity contribution is 6.16. The van der Waals surface area contributed by atoms with Gasteiger partial charge in [0.1, 0.15) is 0 Å². The zero-order valence-electron chi connectivity index (χ0n) is 29.7. The molecule has 0 fully saturated rings. The van der Waals surface area contributed by atoms with E-state index in [-0.39, 0.29) is 0 Å². The summed E-state index contributed by atoms with van der Waals surface area (Å²) in [7, 11) is 0. The predicted molar refractivity (Wildman–Crippen MR) is 229 cm³/mol. The minimum atomic E-state index is 1.10. The van der Waals surface area contributed by atoms with Gasteiger partial charge in [-0.3, -0.25) is 0 Å². The fraction of sp³-hybridized carbons (Fsp3) is 0. The Bertz CT molecular complexity index is 2920. The first kappa shape index (κ1) is 31.6. The van der Waals surface area contributed by atoms with Crippen LogP contribution in [0.15, 0.2) is 218 Å². The van der Waals surface area contributed by atoms with Gasteiger partial charge in [0.25, 0.3) is 0 Å². The van der Waals surface area contributed by atoms with Crippen molar-refractivity contribution in [2.24, 2.45) is 0 Å². The molecule has 0 spiro atoms. The lowest BCUT2D eigenvalue weighted by molar-refractivity contribution is 1.18. The lowest BCUT2D eigenvalue weighted by atomic mass is 9.94. The topological polar surface area (TPSA) is 8.17 Å². The van der Waals surface area contributed by atoms with E-state index in [2.05, 4.69) is 228 Å². The molecule has 0 N–H and O–H groups in total. The number of rotatable bonds is 7. The van der Waals surface area contributed by atoms with Crippen LogP contribution in [0.2, 0.25) is 0 Å². The first-order chi connectivity index (χ1) is 26.8. The molecule has 9 aromatic carbocycles. The summed E-state index contributed by atoms with van der Waals surface area (Å²) in [5.41, 5.74) is 14.1. The quantitative estimate of drug-likeness (QED) is 0.162. The number of para-hydroxylation sites is 3. The van der Waals surface area contributed by atoms with E-state index in [4.69, 9.17) is 0 Å². The van der Waals surface area contributed by atoms with E-state index in [9.17, 15) is 0 Å². The van der Waals surface area contributed by atoms with Crippen molar-refractivity contribution in [2.45, 2.75) is 0 Å². The van der Waals surface area contributed by atoms with E-state index in [1.165, 1.54) is 60.4 Å². The Morgan fingerprint density at radius 1 is 0.333 bits per heavy atom. The molecule has 0 bridgehead atoms. The fourth-order valence-electron chi connectivity index (χ4n) is 8.13. The molecule has 0 radical (unpaired) electrons. The van der Waals surface area contributed by atoms with Crippen LogP contribution in [0, 0.1) is 0 Å². The van der Waals surface area contributed by atoms with Crippen LogP contribution in [-0.4, -0.2) is 4.57 Å². The zero-order valence-corrected chi connectivity index (χ0v) is 29.7. The minimum absolute atomic E-state index is 1.10. The number of hydrogen-bond acceptors (Lipinski definition) is 1. The summed E-state index contributed by atoms with van der Waals surface area (Å²) >= 11 is 0. The molecule has 1 heterocycles. The molecule has 0 atom stereocenters. The van der Waals surface area contributed by atoms with E-state index < -0.39 is 0 Å². The molecule has 0 aliphatic carbocycles. The van der Waals surface area contributed by atoms with Crippen molar-refractivity contribution in [2.75, 3.05) is 4.90 Å². The highest BCUT2D eigenvalue weighted by atomic mass is 15.1. The molecule has 0 aliphatic heterocycles. The summed E-state index contributed by atoms with van der Waals surface area (Å²) in [4.78, 5) is 2.42. The summed E-state index contributed by atoms with van der Waals surface area (Å²) in [6.45, 7) is 0. The average Bonchev–Trinajstić information content (AvgIpc) is 3.60. The average molecular weight is 689 g/mol. The number of nitrogens with zero attached hydrogens (tertiary/aromatic N) is 2. The number of hydrogen-bond donors (Lipinski definition) is 0. The number of anilines is 3. The highest BCUT2D eigenvalue weighted by Crippen LogP contribution is 2.45. The van der Waals surface area contributed by atoms with Crippen molar-refractivity contribution >= 4 is 49.6 Å². The third kappa shape index (κ3) is 5.44. The predicted octanol–water partition coefficient (Wildman–Crippen LogP) is 14.4. The monoisotopic (exact) mass is 688 g/mol. The molecule has 54 heavy (non-hydrogen) atoms. The first-order valence-electron chi connectivity index (χ1n) is 18.5. The van der Waals surface area contributed by atoms with Crippen LogP contribution in [-0.2, 0) is 0 Å². The maximum atomic E-state index is 2.42. The van der Waals surface area contributed by atoms with Gasteiger partial charge >= 0.3 is 0 Å². The number of aromatic nitrogens is 1. The van der Waals surface area contributed by atoms with Gasteiger partial charge in [-0.15, -0.1) is 0 Å². The van der Waals surface area contributed by atoms with Gasteiger partial charge in [-0.05, 0) is 87.8 Å². The molecule has 0 saturated carbocycles. The Morgan fingerprint density at radius 3 is 1.70 bits per heavy atom. The smallest absolute Gasteiger partial charge is 0.0547 e. The molecule has 0 unspecified atom stereocenters. The first-order valence-corrected chi connectivity index (χ1v) is 18.5. The van der Waals surface area contributed by atoms with Crippen molar-refractivity contribution in [3.63, 3.8) is 0 Å². The van der Waals surface area contributed by atoms with Gasteiger partial charge in [0.15, 0.2) is 0 Å². The standard InChI is InChI=1S/C52H36N2/c1-3-16-37(17-4-1)38-32-34-43(35-33-38)53(49-30-14-19-39-18-7-8-24-44(39)49)48-28-11-9-25-45(48)40-20-13-21-41(36-40)46-27-15-31-51-52(46)47-26-10-12-29-50(47)54(51)42-22-5-2-6-23-42/h1-36H. The SMILES string of the molecule is c1ccc(-c2ccc(N(c3ccccc3-c3cccc(-c4cccc5c4c4ccccc4n5-c4ccccc4)c3)c3cccc4ccccc34)cc2)cc1. The van der Waals surface area contributed by atoms with Crippen LogP contribution in [0.25, 0.3) is 71.6 Å². The Morgan fingerprint density at radius 2 is 0.870 bits per heavy atom.